The van der Waals surface area contributed by atoms with Gasteiger partial charge in [0.15, 0.2) is 0 Å². The summed E-state index contributed by atoms with van der Waals surface area (Å²) in [6.45, 7) is 3.93. The van der Waals surface area contributed by atoms with Gasteiger partial charge in [-0.2, -0.15) is 0 Å². The summed E-state index contributed by atoms with van der Waals surface area (Å²) >= 11 is 0. The van der Waals surface area contributed by atoms with Gasteiger partial charge >= 0.3 is 5.97 Å². The van der Waals surface area contributed by atoms with Crippen molar-refractivity contribution >= 4 is 5.97 Å². The normalized spacial score (nSPS) is 17.6. The Labute approximate surface area is 115 Å². The highest BCUT2D eigenvalue weighted by Crippen LogP contribution is 2.25. The number of carbonyl (C=O) groups is 1. The predicted molar refractivity (Wildman–Crippen MR) is 76.3 cm³/mol. The van der Waals surface area contributed by atoms with Crippen molar-refractivity contribution in [3.63, 3.8) is 0 Å². The maximum atomic E-state index is 11.1. The fourth-order valence-electron chi connectivity index (χ4n) is 2.78. The number of hydrogen-bond donors (Lipinski definition) is 2. The molecule has 19 heavy (non-hydrogen) atoms. The van der Waals surface area contributed by atoms with Gasteiger partial charge in [0.25, 0.3) is 0 Å². The van der Waals surface area contributed by atoms with Gasteiger partial charge < -0.3 is 5.11 Å². The number of carboxylic acids is 1. The monoisotopic (exact) mass is 261 g/mol. The van der Waals surface area contributed by atoms with Crippen LogP contribution in [0, 0.1) is 0 Å². The lowest BCUT2D eigenvalue weighted by atomic mass is 9.89. The smallest absolute Gasteiger partial charge is 0.320 e. The lowest BCUT2D eigenvalue weighted by Gasteiger charge is -2.22. The first-order chi connectivity index (χ1) is 9.11. The van der Waals surface area contributed by atoms with E-state index in [2.05, 4.69) is 23.5 Å². The molecule has 1 aliphatic carbocycles. The molecule has 0 saturated heterocycles. The molecule has 2 unspecified atom stereocenters. The van der Waals surface area contributed by atoms with Crippen LogP contribution in [0.15, 0.2) is 18.2 Å². The van der Waals surface area contributed by atoms with Crippen molar-refractivity contribution in [3.8, 4) is 0 Å². The Morgan fingerprint density at radius 1 is 1.32 bits per heavy atom. The van der Waals surface area contributed by atoms with Gasteiger partial charge in [0, 0.05) is 6.04 Å². The molecular weight excluding hydrogens is 238 g/mol. The first kappa shape index (κ1) is 14.1. The van der Waals surface area contributed by atoms with E-state index in [1.807, 2.05) is 13.8 Å². The zero-order valence-electron chi connectivity index (χ0n) is 11.8. The van der Waals surface area contributed by atoms with Gasteiger partial charge in [-0.1, -0.05) is 25.1 Å². The number of aryl methyl sites for hydroxylation is 2. The number of carboxylic acid groups (broad SMARTS) is 1. The van der Waals surface area contributed by atoms with E-state index in [1.54, 1.807) is 0 Å². The van der Waals surface area contributed by atoms with Crippen LogP contribution in [0.4, 0.5) is 0 Å². The zero-order valence-corrected chi connectivity index (χ0v) is 11.8. The van der Waals surface area contributed by atoms with Crippen LogP contribution in [0.1, 0.15) is 55.8 Å². The summed E-state index contributed by atoms with van der Waals surface area (Å²) in [6.07, 6.45) is 5.50. The van der Waals surface area contributed by atoms with Gasteiger partial charge in [-0.3, -0.25) is 10.1 Å². The summed E-state index contributed by atoms with van der Waals surface area (Å²) in [4.78, 5) is 11.1. The van der Waals surface area contributed by atoms with Crippen molar-refractivity contribution in [2.45, 2.75) is 58.0 Å². The number of rotatable bonds is 5. The topological polar surface area (TPSA) is 49.3 Å². The Morgan fingerprint density at radius 2 is 2.00 bits per heavy atom. The third kappa shape index (κ3) is 3.35. The molecule has 2 atom stereocenters. The van der Waals surface area contributed by atoms with Crippen molar-refractivity contribution in [3.05, 3.63) is 34.9 Å². The molecule has 0 saturated carbocycles. The molecule has 0 heterocycles. The van der Waals surface area contributed by atoms with E-state index in [4.69, 9.17) is 5.11 Å². The summed E-state index contributed by atoms with van der Waals surface area (Å²) in [6, 6.07) is 6.21. The second-order valence-corrected chi connectivity index (χ2v) is 5.42. The largest absolute Gasteiger partial charge is 0.480 e. The third-order valence-electron chi connectivity index (χ3n) is 4.03. The molecule has 104 valence electrons. The molecule has 1 aromatic carbocycles. The Balaban J connectivity index is 2.10. The highest BCUT2D eigenvalue weighted by molar-refractivity contribution is 5.73. The number of hydrogen-bond acceptors (Lipinski definition) is 2. The second-order valence-electron chi connectivity index (χ2n) is 5.42. The molecule has 2 rings (SSSR count). The van der Waals surface area contributed by atoms with Crippen LogP contribution >= 0.6 is 0 Å². The maximum Gasteiger partial charge on any atom is 0.320 e. The second kappa shape index (κ2) is 6.20. The van der Waals surface area contributed by atoms with Crippen LogP contribution in [0.25, 0.3) is 0 Å². The van der Waals surface area contributed by atoms with Crippen molar-refractivity contribution in [2.75, 3.05) is 0 Å². The Morgan fingerprint density at radius 3 is 2.63 bits per heavy atom. The standard InChI is InChI=1S/C16H23NO2/c1-3-15(16(18)19)17-11(2)13-9-8-12-6-4-5-7-14(12)10-13/h8-11,15,17H,3-7H2,1-2H3,(H,18,19). The molecule has 1 aromatic rings. The summed E-state index contributed by atoms with van der Waals surface area (Å²) < 4.78 is 0. The molecule has 1 aliphatic rings. The van der Waals surface area contributed by atoms with Gasteiger partial charge in [0.05, 0.1) is 0 Å². The minimum absolute atomic E-state index is 0.0771. The fraction of sp³-hybridized carbons (Fsp3) is 0.562. The minimum Gasteiger partial charge on any atom is -0.480 e. The Kier molecular flexibility index (Phi) is 4.59. The molecule has 0 aliphatic heterocycles. The molecule has 3 nitrogen and oxygen atoms in total. The lowest BCUT2D eigenvalue weighted by molar-refractivity contribution is -0.139. The van der Waals surface area contributed by atoms with E-state index >= 15 is 0 Å². The van der Waals surface area contributed by atoms with E-state index < -0.39 is 12.0 Å². The molecular formula is C16H23NO2. The molecule has 0 spiro atoms. The van der Waals surface area contributed by atoms with Gasteiger partial charge in [0.1, 0.15) is 6.04 Å². The van der Waals surface area contributed by atoms with E-state index in [-0.39, 0.29) is 6.04 Å². The summed E-state index contributed by atoms with van der Waals surface area (Å²) in [5, 5.41) is 12.3. The van der Waals surface area contributed by atoms with Crippen LogP contribution in [0.5, 0.6) is 0 Å². The zero-order chi connectivity index (χ0) is 13.8. The van der Waals surface area contributed by atoms with E-state index in [0.717, 1.165) is 6.42 Å². The quantitative estimate of drug-likeness (QED) is 0.856. The van der Waals surface area contributed by atoms with E-state index in [9.17, 15) is 4.79 Å². The van der Waals surface area contributed by atoms with E-state index in [0.29, 0.717) is 6.42 Å². The maximum absolute atomic E-state index is 11.1. The summed E-state index contributed by atoms with van der Waals surface area (Å²) in [7, 11) is 0. The van der Waals surface area contributed by atoms with Crippen LogP contribution in [-0.4, -0.2) is 17.1 Å². The van der Waals surface area contributed by atoms with Crippen LogP contribution in [0.2, 0.25) is 0 Å². The molecule has 0 amide bonds. The molecule has 0 fully saturated rings. The van der Waals surface area contributed by atoms with Gasteiger partial charge in [-0.15, -0.1) is 0 Å². The predicted octanol–water partition coefficient (Wildman–Crippen LogP) is 3.08. The average molecular weight is 261 g/mol. The fourth-order valence-corrected chi connectivity index (χ4v) is 2.78. The van der Waals surface area contributed by atoms with Gasteiger partial charge in [0.2, 0.25) is 0 Å². The Hall–Kier alpha value is -1.35. The first-order valence-corrected chi connectivity index (χ1v) is 7.22. The van der Waals surface area contributed by atoms with Crippen molar-refractivity contribution in [1.29, 1.82) is 0 Å². The molecule has 3 heteroatoms. The molecule has 0 bridgehead atoms. The van der Waals surface area contributed by atoms with Crippen LogP contribution in [-0.2, 0) is 17.6 Å². The van der Waals surface area contributed by atoms with E-state index in [1.165, 1.54) is 36.0 Å². The molecule has 0 radical (unpaired) electrons. The van der Waals surface area contributed by atoms with Crippen molar-refractivity contribution in [2.24, 2.45) is 0 Å². The van der Waals surface area contributed by atoms with Crippen molar-refractivity contribution in [1.82, 2.24) is 5.32 Å². The average Bonchev–Trinajstić information content (AvgIpc) is 2.43. The first-order valence-electron chi connectivity index (χ1n) is 7.22. The summed E-state index contributed by atoms with van der Waals surface area (Å²) in [5.41, 5.74) is 4.11. The SMILES string of the molecule is CCC(NC(C)c1ccc2c(c1)CCCC2)C(=O)O. The molecule has 2 N–H and O–H groups in total. The minimum atomic E-state index is -0.771. The third-order valence-corrected chi connectivity index (χ3v) is 4.03. The van der Waals surface area contributed by atoms with Crippen LogP contribution in [0.3, 0.4) is 0 Å². The van der Waals surface area contributed by atoms with Crippen LogP contribution < -0.4 is 5.32 Å². The molecule has 0 aromatic heterocycles. The number of aliphatic carboxylic acids is 1. The number of nitrogens with one attached hydrogen (secondary N) is 1. The summed E-state index contributed by atoms with van der Waals surface area (Å²) in [5.74, 6) is -0.771. The van der Waals surface area contributed by atoms with Gasteiger partial charge in [-0.05, 0) is 55.7 Å². The Bertz CT molecular complexity index is 456. The lowest BCUT2D eigenvalue weighted by Crippen LogP contribution is -2.37. The van der Waals surface area contributed by atoms with Crippen molar-refractivity contribution < 1.29 is 9.90 Å². The number of benzene rings is 1. The number of fused-ring (bicyclic) bond motifs is 1. The highest BCUT2D eigenvalue weighted by Gasteiger charge is 2.19. The van der Waals surface area contributed by atoms with Gasteiger partial charge in [-0.25, -0.2) is 0 Å². The highest BCUT2D eigenvalue weighted by atomic mass is 16.4.